The molecule has 0 spiro atoms. The number of ether oxygens (including phenoxy) is 1. The predicted molar refractivity (Wildman–Crippen MR) is 106 cm³/mol. The summed E-state index contributed by atoms with van der Waals surface area (Å²) in [5.74, 6) is 0.114. The Morgan fingerprint density at radius 1 is 1.19 bits per heavy atom. The molecule has 6 nitrogen and oxygen atoms in total. The Hall–Kier alpha value is -2.18. The number of aryl methyl sites for hydroxylation is 1. The van der Waals surface area contributed by atoms with E-state index < -0.39 is 0 Å². The smallest absolute Gasteiger partial charge is 0.220 e. The number of nitrogens with one attached hydrogen (secondary N) is 1. The van der Waals surface area contributed by atoms with Crippen LogP contribution in [0.2, 0.25) is 0 Å². The van der Waals surface area contributed by atoms with Gasteiger partial charge in [0, 0.05) is 31.7 Å². The topological polar surface area (TPSA) is 59.4 Å². The van der Waals surface area contributed by atoms with Crippen LogP contribution in [0.3, 0.4) is 0 Å². The summed E-state index contributed by atoms with van der Waals surface area (Å²) in [6.07, 6.45) is 2.20. The third-order valence-corrected chi connectivity index (χ3v) is 5.12. The molecule has 0 bridgehead atoms. The normalized spacial score (nSPS) is 15.0. The molecule has 27 heavy (non-hydrogen) atoms. The van der Waals surface area contributed by atoms with Crippen molar-refractivity contribution >= 4 is 5.91 Å². The van der Waals surface area contributed by atoms with Crippen molar-refractivity contribution in [2.45, 2.75) is 33.1 Å². The monoisotopic (exact) mass is 370 g/mol. The first-order chi connectivity index (χ1) is 13.1. The molecule has 2 aromatic rings. The summed E-state index contributed by atoms with van der Waals surface area (Å²) in [5, 5.41) is 7.70. The van der Waals surface area contributed by atoms with Gasteiger partial charge < -0.3 is 10.1 Å². The number of hydrogen-bond donors (Lipinski definition) is 1. The first-order valence-corrected chi connectivity index (χ1v) is 9.82. The maximum Gasteiger partial charge on any atom is 0.220 e. The standard InChI is InChI=1S/C21H30N4O2/c1-17-20(18(2)25(23-17)19-7-4-3-5-8-19)9-10-21(26)22-11-6-12-24-13-15-27-16-14-24/h3-5,7-8H,6,9-16H2,1-2H3,(H,22,26). The zero-order chi connectivity index (χ0) is 19.1. The van der Waals surface area contributed by atoms with E-state index in [1.165, 1.54) is 5.56 Å². The van der Waals surface area contributed by atoms with Crippen LogP contribution in [0.1, 0.15) is 29.8 Å². The molecular weight excluding hydrogens is 340 g/mol. The average molecular weight is 370 g/mol. The Kier molecular flexibility index (Phi) is 7.01. The second-order valence-electron chi connectivity index (χ2n) is 7.05. The lowest BCUT2D eigenvalue weighted by atomic mass is 10.1. The number of amides is 1. The minimum atomic E-state index is 0.114. The number of aromatic nitrogens is 2. The van der Waals surface area contributed by atoms with Crippen molar-refractivity contribution in [1.29, 1.82) is 0 Å². The van der Waals surface area contributed by atoms with E-state index in [2.05, 4.69) is 22.2 Å². The molecule has 0 saturated carbocycles. The molecule has 6 heteroatoms. The first-order valence-electron chi connectivity index (χ1n) is 9.82. The van der Waals surface area contributed by atoms with Gasteiger partial charge in [-0.25, -0.2) is 4.68 Å². The number of benzene rings is 1. The van der Waals surface area contributed by atoms with Crippen LogP contribution >= 0.6 is 0 Å². The van der Waals surface area contributed by atoms with Crippen molar-refractivity contribution in [3.63, 3.8) is 0 Å². The van der Waals surface area contributed by atoms with Crippen molar-refractivity contribution < 1.29 is 9.53 Å². The molecule has 1 amide bonds. The van der Waals surface area contributed by atoms with Crippen molar-refractivity contribution in [3.05, 3.63) is 47.3 Å². The van der Waals surface area contributed by atoms with Crippen LogP contribution in [-0.4, -0.2) is 60.0 Å². The molecule has 3 rings (SSSR count). The quantitative estimate of drug-likeness (QED) is 0.724. The van der Waals surface area contributed by atoms with Crippen molar-refractivity contribution in [2.75, 3.05) is 39.4 Å². The second-order valence-corrected chi connectivity index (χ2v) is 7.05. The number of rotatable bonds is 8. The summed E-state index contributed by atoms with van der Waals surface area (Å²) in [6, 6.07) is 10.1. The maximum atomic E-state index is 12.2. The van der Waals surface area contributed by atoms with Gasteiger partial charge in [0.05, 0.1) is 24.6 Å². The van der Waals surface area contributed by atoms with Crippen LogP contribution in [0.25, 0.3) is 5.69 Å². The van der Waals surface area contributed by atoms with Gasteiger partial charge in [-0.1, -0.05) is 18.2 Å². The number of hydrogen-bond acceptors (Lipinski definition) is 4. The van der Waals surface area contributed by atoms with E-state index in [1.807, 2.05) is 41.9 Å². The lowest BCUT2D eigenvalue weighted by Gasteiger charge is -2.26. The number of nitrogens with zero attached hydrogens (tertiary/aromatic N) is 3. The van der Waals surface area contributed by atoms with Crippen LogP contribution in [0, 0.1) is 13.8 Å². The zero-order valence-corrected chi connectivity index (χ0v) is 16.4. The van der Waals surface area contributed by atoms with Gasteiger partial charge in [0.1, 0.15) is 0 Å². The molecule has 0 unspecified atom stereocenters. The van der Waals surface area contributed by atoms with Crippen molar-refractivity contribution in [2.24, 2.45) is 0 Å². The van der Waals surface area contributed by atoms with Gasteiger partial charge in [0.15, 0.2) is 0 Å². The Labute approximate surface area is 161 Å². The summed E-state index contributed by atoms with van der Waals surface area (Å²) in [7, 11) is 0. The van der Waals surface area contributed by atoms with E-state index >= 15 is 0 Å². The van der Waals surface area contributed by atoms with Gasteiger partial charge in [-0.3, -0.25) is 9.69 Å². The fraction of sp³-hybridized carbons (Fsp3) is 0.524. The zero-order valence-electron chi connectivity index (χ0n) is 16.4. The third-order valence-electron chi connectivity index (χ3n) is 5.12. The minimum Gasteiger partial charge on any atom is -0.379 e. The Bertz CT molecular complexity index is 736. The highest BCUT2D eigenvalue weighted by Gasteiger charge is 2.14. The number of morpholine rings is 1. The van der Waals surface area contributed by atoms with Gasteiger partial charge in [0.25, 0.3) is 0 Å². The molecule has 1 aliphatic rings. The van der Waals surface area contributed by atoms with E-state index in [0.717, 1.165) is 69.3 Å². The van der Waals surface area contributed by atoms with Crippen LogP contribution in [-0.2, 0) is 16.0 Å². The van der Waals surface area contributed by atoms with Crippen LogP contribution < -0.4 is 5.32 Å². The lowest BCUT2D eigenvalue weighted by molar-refractivity contribution is -0.121. The van der Waals surface area contributed by atoms with E-state index in [1.54, 1.807) is 0 Å². The Balaban J connectivity index is 1.44. The van der Waals surface area contributed by atoms with Crippen LogP contribution in [0.5, 0.6) is 0 Å². The van der Waals surface area contributed by atoms with Crippen molar-refractivity contribution in [1.82, 2.24) is 20.0 Å². The fourth-order valence-electron chi connectivity index (χ4n) is 3.54. The van der Waals surface area contributed by atoms with Gasteiger partial charge in [0.2, 0.25) is 5.91 Å². The minimum absolute atomic E-state index is 0.114. The number of carbonyl (C=O) groups excluding carboxylic acids is 1. The predicted octanol–water partition coefficient (Wildman–Crippen LogP) is 2.26. The van der Waals surface area contributed by atoms with E-state index in [-0.39, 0.29) is 5.91 Å². The summed E-state index contributed by atoms with van der Waals surface area (Å²) in [6.45, 7) is 9.48. The van der Waals surface area contributed by atoms with E-state index in [9.17, 15) is 4.79 Å². The molecule has 1 saturated heterocycles. The highest BCUT2D eigenvalue weighted by Crippen LogP contribution is 2.19. The molecule has 1 aliphatic heterocycles. The molecule has 0 radical (unpaired) electrons. The van der Waals surface area contributed by atoms with Crippen LogP contribution in [0.15, 0.2) is 30.3 Å². The van der Waals surface area contributed by atoms with Gasteiger partial charge in [-0.15, -0.1) is 0 Å². The maximum absolute atomic E-state index is 12.2. The third kappa shape index (κ3) is 5.40. The van der Waals surface area contributed by atoms with Gasteiger partial charge >= 0.3 is 0 Å². The van der Waals surface area contributed by atoms with E-state index in [0.29, 0.717) is 6.42 Å². The molecule has 1 aromatic heterocycles. The average Bonchev–Trinajstić information content (AvgIpc) is 2.99. The van der Waals surface area contributed by atoms with Crippen molar-refractivity contribution in [3.8, 4) is 5.69 Å². The summed E-state index contributed by atoms with van der Waals surface area (Å²) in [5.41, 5.74) is 4.33. The first kappa shape index (κ1) is 19.6. The number of para-hydroxylation sites is 1. The number of carbonyl (C=O) groups is 1. The summed E-state index contributed by atoms with van der Waals surface area (Å²) < 4.78 is 7.31. The molecule has 146 valence electrons. The molecular formula is C21H30N4O2. The molecule has 1 aromatic carbocycles. The molecule has 0 aliphatic carbocycles. The molecule has 1 N–H and O–H groups in total. The molecule has 1 fully saturated rings. The Morgan fingerprint density at radius 3 is 2.67 bits per heavy atom. The van der Waals surface area contributed by atoms with E-state index in [4.69, 9.17) is 4.74 Å². The largest absolute Gasteiger partial charge is 0.379 e. The SMILES string of the molecule is Cc1nn(-c2ccccc2)c(C)c1CCC(=O)NCCCN1CCOCC1. The summed E-state index contributed by atoms with van der Waals surface area (Å²) >= 11 is 0. The molecule has 0 atom stereocenters. The second kappa shape index (κ2) is 9.67. The highest BCUT2D eigenvalue weighted by molar-refractivity contribution is 5.76. The van der Waals surface area contributed by atoms with Gasteiger partial charge in [-0.2, -0.15) is 5.10 Å². The lowest BCUT2D eigenvalue weighted by Crippen LogP contribution is -2.38. The van der Waals surface area contributed by atoms with Gasteiger partial charge in [-0.05, 0) is 50.9 Å². The highest BCUT2D eigenvalue weighted by atomic mass is 16.5. The van der Waals surface area contributed by atoms with Crippen LogP contribution in [0.4, 0.5) is 0 Å². The summed E-state index contributed by atoms with van der Waals surface area (Å²) in [4.78, 5) is 14.6. The molecule has 2 heterocycles. The Morgan fingerprint density at radius 2 is 1.93 bits per heavy atom. The fourth-order valence-corrected chi connectivity index (χ4v) is 3.54.